The molecule has 2 heterocycles. The van der Waals surface area contributed by atoms with Crippen LogP contribution in [-0.4, -0.2) is 27.9 Å². The Bertz CT molecular complexity index is 882. The fourth-order valence-electron chi connectivity index (χ4n) is 3.07. The molecule has 2 N–H and O–H groups in total. The molecule has 29 heavy (non-hydrogen) atoms. The third-order valence-corrected chi connectivity index (χ3v) is 4.60. The number of benzene rings is 1. The van der Waals surface area contributed by atoms with E-state index in [0.29, 0.717) is 13.1 Å². The molecule has 0 bridgehead atoms. The summed E-state index contributed by atoms with van der Waals surface area (Å²) in [6.07, 6.45) is 5.62. The van der Waals surface area contributed by atoms with Crippen molar-refractivity contribution in [2.24, 2.45) is 4.99 Å². The maximum Gasteiger partial charge on any atom is 0.191 e. The van der Waals surface area contributed by atoms with Crippen molar-refractivity contribution in [2.75, 3.05) is 7.05 Å². The third kappa shape index (κ3) is 6.31. The van der Waals surface area contributed by atoms with Crippen LogP contribution in [0.15, 0.2) is 52.2 Å². The van der Waals surface area contributed by atoms with Gasteiger partial charge in [-0.3, -0.25) is 9.67 Å². The first-order chi connectivity index (χ1) is 13.7. The fraction of sp³-hybridized carbons (Fsp3) is 0.381. The topological polar surface area (TPSA) is 80.3 Å². The van der Waals surface area contributed by atoms with E-state index in [1.165, 1.54) is 5.56 Å². The van der Waals surface area contributed by atoms with Crippen molar-refractivity contribution in [1.29, 1.82) is 0 Å². The Hall–Kier alpha value is -2.36. The Kier molecular flexibility index (Phi) is 9.17. The van der Waals surface area contributed by atoms with Gasteiger partial charge in [0.15, 0.2) is 5.96 Å². The number of hydrogen-bond donors (Lipinski definition) is 2. The first-order valence-corrected chi connectivity index (χ1v) is 9.69. The number of aromatic nitrogens is 3. The highest BCUT2D eigenvalue weighted by Crippen LogP contribution is 2.15. The van der Waals surface area contributed by atoms with Crippen LogP contribution in [0.4, 0.5) is 0 Å². The Morgan fingerprint density at radius 2 is 1.83 bits per heavy atom. The van der Waals surface area contributed by atoms with Gasteiger partial charge in [0.1, 0.15) is 5.76 Å². The number of rotatable bonds is 8. The Balaban J connectivity index is 0.00000300. The van der Waals surface area contributed by atoms with Gasteiger partial charge >= 0.3 is 0 Å². The zero-order chi connectivity index (χ0) is 19.8. The number of nitrogens with zero attached hydrogens (tertiary/aromatic N) is 4. The van der Waals surface area contributed by atoms with Crippen molar-refractivity contribution in [1.82, 2.24) is 25.6 Å². The molecule has 0 atom stereocenters. The number of halogens is 1. The van der Waals surface area contributed by atoms with Gasteiger partial charge < -0.3 is 15.2 Å². The molecular weight excluding hydrogens is 479 g/mol. The Morgan fingerprint density at radius 3 is 2.52 bits per heavy atom. The predicted molar refractivity (Wildman–Crippen MR) is 125 cm³/mol. The van der Waals surface area contributed by atoms with E-state index in [1.54, 1.807) is 7.05 Å². The largest absolute Gasteiger partial charge is 0.361 e. The van der Waals surface area contributed by atoms with Gasteiger partial charge in [-0.1, -0.05) is 49.3 Å². The van der Waals surface area contributed by atoms with Crippen LogP contribution in [0, 0.1) is 0 Å². The first-order valence-electron chi connectivity index (χ1n) is 9.69. The fourth-order valence-corrected chi connectivity index (χ4v) is 3.07. The maximum absolute atomic E-state index is 5.42. The predicted octanol–water partition coefficient (Wildman–Crippen LogP) is 3.53. The van der Waals surface area contributed by atoms with Gasteiger partial charge in [0.05, 0.1) is 18.4 Å². The van der Waals surface area contributed by atoms with Crippen LogP contribution in [-0.2, 0) is 32.5 Å². The molecule has 0 aliphatic carbocycles. The summed E-state index contributed by atoms with van der Waals surface area (Å²) in [6, 6.07) is 10.3. The van der Waals surface area contributed by atoms with E-state index in [1.807, 2.05) is 29.1 Å². The van der Waals surface area contributed by atoms with Crippen LogP contribution >= 0.6 is 24.0 Å². The Morgan fingerprint density at radius 1 is 1.07 bits per heavy atom. The van der Waals surface area contributed by atoms with Gasteiger partial charge in [-0.05, 0) is 12.0 Å². The van der Waals surface area contributed by atoms with E-state index < -0.39 is 0 Å². The summed E-state index contributed by atoms with van der Waals surface area (Å²) in [6.45, 7) is 6.22. The highest BCUT2D eigenvalue weighted by molar-refractivity contribution is 14.0. The molecule has 0 fully saturated rings. The summed E-state index contributed by atoms with van der Waals surface area (Å²) < 4.78 is 7.37. The molecule has 0 aliphatic rings. The van der Waals surface area contributed by atoms with Gasteiger partial charge in [-0.2, -0.15) is 5.10 Å². The third-order valence-electron chi connectivity index (χ3n) is 4.60. The minimum Gasteiger partial charge on any atom is -0.361 e. The molecule has 156 valence electrons. The summed E-state index contributed by atoms with van der Waals surface area (Å²) in [5.41, 5.74) is 4.47. The van der Waals surface area contributed by atoms with Crippen LogP contribution in [0.2, 0.25) is 0 Å². The molecule has 0 radical (unpaired) electrons. The van der Waals surface area contributed by atoms with Gasteiger partial charge in [-0.25, -0.2) is 0 Å². The first kappa shape index (κ1) is 22.9. The van der Waals surface area contributed by atoms with Gasteiger partial charge in [-0.15, -0.1) is 24.0 Å². The minimum atomic E-state index is 0. The van der Waals surface area contributed by atoms with Crippen LogP contribution in [0.3, 0.4) is 0 Å². The normalized spacial score (nSPS) is 11.2. The zero-order valence-corrected chi connectivity index (χ0v) is 19.5. The lowest BCUT2D eigenvalue weighted by atomic mass is 10.1. The van der Waals surface area contributed by atoms with E-state index in [2.05, 4.69) is 58.1 Å². The smallest absolute Gasteiger partial charge is 0.191 e. The highest BCUT2D eigenvalue weighted by Gasteiger charge is 2.13. The number of aryl methyl sites for hydroxylation is 2. The molecule has 0 aliphatic heterocycles. The highest BCUT2D eigenvalue weighted by atomic mass is 127. The molecule has 7 nitrogen and oxygen atoms in total. The van der Waals surface area contributed by atoms with Crippen LogP contribution in [0.1, 0.15) is 42.0 Å². The summed E-state index contributed by atoms with van der Waals surface area (Å²) in [7, 11) is 1.77. The SMILES string of the molecule is CCc1noc(CC)c1CNC(=NC)NCc1cnn(Cc2ccccc2)c1.I. The van der Waals surface area contributed by atoms with Gasteiger partial charge in [0.25, 0.3) is 0 Å². The molecule has 3 rings (SSSR count). The maximum atomic E-state index is 5.42. The molecule has 2 aromatic heterocycles. The van der Waals surface area contributed by atoms with E-state index in [9.17, 15) is 0 Å². The second kappa shape index (κ2) is 11.6. The Labute approximate surface area is 189 Å². The number of aliphatic imine (C=N–C) groups is 1. The number of nitrogens with one attached hydrogen (secondary N) is 2. The molecule has 0 saturated carbocycles. The standard InChI is InChI=1S/C21H28N6O.HI/c1-4-19-18(20(5-2)28-26-19)13-24-21(22-3)23-11-17-12-25-27(15-17)14-16-9-7-6-8-10-16;/h6-10,12,15H,4-5,11,13-14H2,1-3H3,(H2,22,23,24);1H. The summed E-state index contributed by atoms with van der Waals surface area (Å²) in [5.74, 6) is 1.67. The molecular formula is C21H29IN6O. The molecule has 0 spiro atoms. The molecule has 3 aromatic rings. The summed E-state index contributed by atoms with van der Waals surface area (Å²) in [4.78, 5) is 4.30. The summed E-state index contributed by atoms with van der Waals surface area (Å²) >= 11 is 0. The van der Waals surface area contributed by atoms with Crippen molar-refractivity contribution in [3.05, 3.63) is 70.9 Å². The lowest BCUT2D eigenvalue weighted by molar-refractivity contribution is 0.380. The number of guanidine groups is 1. The van der Waals surface area contributed by atoms with Crippen molar-refractivity contribution < 1.29 is 4.52 Å². The van der Waals surface area contributed by atoms with Gasteiger partial charge in [0, 0.05) is 43.9 Å². The van der Waals surface area contributed by atoms with Crippen molar-refractivity contribution >= 4 is 29.9 Å². The molecule has 0 saturated heterocycles. The second-order valence-electron chi connectivity index (χ2n) is 6.55. The minimum absolute atomic E-state index is 0. The molecule has 1 aromatic carbocycles. The molecule has 8 heteroatoms. The van der Waals surface area contributed by atoms with E-state index in [4.69, 9.17) is 4.52 Å². The van der Waals surface area contributed by atoms with Gasteiger partial charge in [0.2, 0.25) is 0 Å². The van der Waals surface area contributed by atoms with Crippen molar-refractivity contribution in [3.8, 4) is 0 Å². The van der Waals surface area contributed by atoms with Crippen molar-refractivity contribution in [2.45, 2.75) is 46.3 Å². The van der Waals surface area contributed by atoms with Crippen LogP contribution < -0.4 is 10.6 Å². The van der Waals surface area contributed by atoms with Crippen LogP contribution in [0.25, 0.3) is 0 Å². The quantitative estimate of drug-likeness (QED) is 0.277. The van der Waals surface area contributed by atoms with E-state index >= 15 is 0 Å². The van der Waals surface area contributed by atoms with E-state index in [0.717, 1.165) is 47.9 Å². The van der Waals surface area contributed by atoms with Crippen LogP contribution in [0.5, 0.6) is 0 Å². The molecule has 0 unspecified atom stereocenters. The second-order valence-corrected chi connectivity index (χ2v) is 6.55. The lowest BCUT2D eigenvalue weighted by Crippen LogP contribution is -2.36. The zero-order valence-electron chi connectivity index (χ0n) is 17.2. The average Bonchev–Trinajstić information content (AvgIpc) is 3.35. The lowest BCUT2D eigenvalue weighted by Gasteiger charge is -2.11. The number of hydrogen-bond acceptors (Lipinski definition) is 4. The molecule has 0 amide bonds. The summed E-state index contributed by atoms with van der Waals surface area (Å²) in [5, 5.41) is 15.3. The van der Waals surface area contributed by atoms with E-state index in [-0.39, 0.29) is 24.0 Å². The monoisotopic (exact) mass is 508 g/mol. The average molecular weight is 508 g/mol. The van der Waals surface area contributed by atoms with Crippen molar-refractivity contribution in [3.63, 3.8) is 0 Å².